The summed E-state index contributed by atoms with van der Waals surface area (Å²) in [4.78, 5) is 12.1. The first-order valence-corrected chi connectivity index (χ1v) is 8.09. The fraction of sp³-hybridized carbons (Fsp3) is 0.562. The molecule has 1 atom stereocenters. The van der Waals surface area contributed by atoms with Crippen molar-refractivity contribution >= 4 is 40.8 Å². The fourth-order valence-electron chi connectivity index (χ4n) is 2.16. The topological polar surface area (TPSA) is 26.3 Å². The molecule has 1 aromatic rings. The number of hydrogen-bond acceptors (Lipinski definition) is 2. The van der Waals surface area contributed by atoms with Gasteiger partial charge >= 0.3 is 5.97 Å². The summed E-state index contributed by atoms with van der Waals surface area (Å²) in [5, 5.41) is 0.783. The van der Waals surface area contributed by atoms with Crippen molar-refractivity contribution in [1.82, 2.24) is 0 Å². The van der Waals surface area contributed by atoms with Crippen LogP contribution in [-0.2, 0) is 4.74 Å². The van der Waals surface area contributed by atoms with Gasteiger partial charge < -0.3 is 4.74 Å². The van der Waals surface area contributed by atoms with E-state index in [9.17, 15) is 4.79 Å². The van der Waals surface area contributed by atoms with E-state index in [4.69, 9.17) is 39.5 Å². The molecule has 2 nitrogen and oxygen atoms in total. The van der Waals surface area contributed by atoms with E-state index in [1.54, 1.807) is 0 Å². The Morgan fingerprint density at radius 1 is 1.24 bits per heavy atom. The van der Waals surface area contributed by atoms with Gasteiger partial charge in [0, 0.05) is 5.02 Å². The molecule has 0 aliphatic rings. The molecule has 0 N–H and O–H groups in total. The zero-order valence-electron chi connectivity index (χ0n) is 12.8. The van der Waals surface area contributed by atoms with Crippen molar-refractivity contribution < 1.29 is 9.53 Å². The van der Waals surface area contributed by atoms with Crippen LogP contribution in [0, 0.1) is 11.3 Å². The maximum absolute atomic E-state index is 12.1. The van der Waals surface area contributed by atoms with Crippen LogP contribution in [-0.4, -0.2) is 12.6 Å². The first-order chi connectivity index (χ1) is 9.64. The summed E-state index contributed by atoms with van der Waals surface area (Å²) in [5.41, 5.74) is 0.407. The summed E-state index contributed by atoms with van der Waals surface area (Å²) in [6.07, 6.45) is 1.94. The number of rotatable bonds is 5. The van der Waals surface area contributed by atoms with Gasteiger partial charge in [-0.15, -0.1) is 0 Å². The summed E-state index contributed by atoms with van der Waals surface area (Å²) in [5.74, 6) is -0.167. The van der Waals surface area contributed by atoms with Crippen LogP contribution in [0.2, 0.25) is 15.1 Å². The molecule has 0 aromatic heterocycles. The number of hydrogen-bond donors (Lipinski definition) is 0. The zero-order chi connectivity index (χ0) is 16.2. The van der Waals surface area contributed by atoms with Crippen molar-refractivity contribution in [3.05, 3.63) is 32.8 Å². The number of carbonyl (C=O) groups is 1. The molecule has 0 radical (unpaired) electrons. The molecule has 1 aromatic carbocycles. The minimum Gasteiger partial charge on any atom is -0.462 e. The summed E-state index contributed by atoms with van der Waals surface area (Å²) in [6, 6.07) is 2.97. The van der Waals surface area contributed by atoms with Crippen LogP contribution in [0.15, 0.2) is 12.1 Å². The second-order valence-electron chi connectivity index (χ2n) is 6.39. The Hall–Kier alpha value is -0.440. The molecule has 0 fully saturated rings. The second-order valence-corrected chi connectivity index (χ2v) is 7.61. The Morgan fingerprint density at radius 3 is 2.38 bits per heavy atom. The second kappa shape index (κ2) is 7.71. The van der Waals surface area contributed by atoms with E-state index < -0.39 is 5.97 Å². The van der Waals surface area contributed by atoms with Crippen LogP contribution in [0.25, 0.3) is 0 Å². The summed E-state index contributed by atoms with van der Waals surface area (Å²) in [6.45, 7) is 8.97. The molecular formula is C16H21Cl3O2. The molecule has 0 amide bonds. The van der Waals surface area contributed by atoms with Crippen LogP contribution in [0.4, 0.5) is 0 Å². The van der Waals surface area contributed by atoms with E-state index in [0.717, 1.165) is 12.8 Å². The first-order valence-electron chi connectivity index (χ1n) is 6.95. The highest BCUT2D eigenvalue weighted by atomic mass is 35.5. The minimum absolute atomic E-state index is 0.176. The maximum Gasteiger partial charge on any atom is 0.339 e. The predicted octanol–water partition coefficient (Wildman–Crippen LogP) is 6.27. The lowest BCUT2D eigenvalue weighted by atomic mass is 9.84. The van der Waals surface area contributed by atoms with Crippen LogP contribution >= 0.6 is 34.8 Å². The lowest BCUT2D eigenvalue weighted by molar-refractivity contribution is 0.0402. The van der Waals surface area contributed by atoms with Crippen molar-refractivity contribution in [3.63, 3.8) is 0 Å². The highest BCUT2D eigenvalue weighted by Crippen LogP contribution is 2.31. The molecule has 21 heavy (non-hydrogen) atoms. The third kappa shape index (κ3) is 6.06. The highest BCUT2D eigenvalue weighted by molar-refractivity contribution is 6.45. The normalized spacial score (nSPS) is 13.1. The average molecular weight is 352 g/mol. The fourth-order valence-corrected chi connectivity index (χ4v) is 2.84. The van der Waals surface area contributed by atoms with Gasteiger partial charge in [-0.05, 0) is 29.9 Å². The Labute approximate surface area is 141 Å². The molecule has 0 aliphatic carbocycles. The Kier molecular flexibility index (Phi) is 6.83. The van der Waals surface area contributed by atoms with Crippen molar-refractivity contribution in [2.24, 2.45) is 11.3 Å². The monoisotopic (exact) mass is 350 g/mol. The number of ether oxygens (including phenoxy) is 1. The number of carbonyl (C=O) groups excluding carboxylic acids is 1. The van der Waals surface area contributed by atoms with Gasteiger partial charge in [0.05, 0.1) is 22.2 Å². The summed E-state index contributed by atoms with van der Waals surface area (Å²) < 4.78 is 5.38. The maximum atomic E-state index is 12.1. The molecule has 0 bridgehead atoms. The third-order valence-corrected chi connectivity index (χ3v) is 4.16. The van der Waals surface area contributed by atoms with Gasteiger partial charge in [0.2, 0.25) is 0 Å². The van der Waals surface area contributed by atoms with Gasteiger partial charge in [-0.1, -0.05) is 68.9 Å². The Balaban J connectivity index is 2.73. The van der Waals surface area contributed by atoms with Gasteiger partial charge in [-0.3, -0.25) is 0 Å². The molecule has 0 heterocycles. The van der Waals surface area contributed by atoms with Crippen molar-refractivity contribution in [2.75, 3.05) is 6.61 Å². The van der Waals surface area contributed by atoms with E-state index in [0.29, 0.717) is 17.5 Å². The van der Waals surface area contributed by atoms with Gasteiger partial charge in [0.15, 0.2) is 0 Å². The molecule has 0 saturated carbocycles. The quantitative estimate of drug-likeness (QED) is 0.462. The van der Waals surface area contributed by atoms with E-state index in [-0.39, 0.29) is 21.0 Å². The largest absolute Gasteiger partial charge is 0.462 e. The van der Waals surface area contributed by atoms with Crippen LogP contribution in [0.3, 0.4) is 0 Å². The first kappa shape index (κ1) is 18.6. The molecule has 1 rings (SSSR count). The highest BCUT2D eigenvalue weighted by Gasteiger charge is 2.21. The Bertz CT molecular complexity index is 507. The van der Waals surface area contributed by atoms with Crippen LogP contribution < -0.4 is 0 Å². The van der Waals surface area contributed by atoms with Gasteiger partial charge in [-0.2, -0.15) is 0 Å². The van der Waals surface area contributed by atoms with E-state index >= 15 is 0 Å². The zero-order valence-corrected chi connectivity index (χ0v) is 15.1. The molecule has 5 heteroatoms. The lowest BCUT2D eigenvalue weighted by Crippen LogP contribution is -2.19. The molecule has 118 valence electrons. The third-order valence-electron chi connectivity index (χ3n) is 3.14. The van der Waals surface area contributed by atoms with Gasteiger partial charge in [0.1, 0.15) is 0 Å². The van der Waals surface area contributed by atoms with E-state index in [2.05, 4.69) is 27.7 Å². The molecule has 0 aliphatic heterocycles. The van der Waals surface area contributed by atoms with Crippen molar-refractivity contribution in [1.29, 1.82) is 0 Å². The standard InChI is InChI=1S/C16H21Cl3O2/c1-5-10(8-16(2,3)4)9-21-15(20)12-6-11(17)7-13(18)14(12)19/h6-7,10H,5,8-9H2,1-4H3. The van der Waals surface area contributed by atoms with E-state index in [1.165, 1.54) is 12.1 Å². The van der Waals surface area contributed by atoms with Crippen LogP contribution in [0.1, 0.15) is 50.9 Å². The number of esters is 1. The molecule has 0 saturated heterocycles. The smallest absolute Gasteiger partial charge is 0.339 e. The Morgan fingerprint density at radius 2 is 1.86 bits per heavy atom. The van der Waals surface area contributed by atoms with Gasteiger partial charge in [-0.25, -0.2) is 4.79 Å². The predicted molar refractivity (Wildman–Crippen MR) is 89.6 cm³/mol. The minimum atomic E-state index is -0.489. The lowest BCUT2D eigenvalue weighted by Gasteiger charge is -2.24. The molecular weight excluding hydrogens is 331 g/mol. The summed E-state index contributed by atoms with van der Waals surface area (Å²) in [7, 11) is 0. The SMILES string of the molecule is CCC(COC(=O)c1cc(Cl)cc(Cl)c1Cl)CC(C)(C)C. The van der Waals surface area contributed by atoms with Crippen molar-refractivity contribution in [3.8, 4) is 0 Å². The summed E-state index contributed by atoms with van der Waals surface area (Å²) >= 11 is 17.8. The van der Waals surface area contributed by atoms with Crippen LogP contribution in [0.5, 0.6) is 0 Å². The molecule has 0 spiro atoms. The average Bonchev–Trinajstić information content (AvgIpc) is 2.37. The molecule has 1 unspecified atom stereocenters. The van der Waals surface area contributed by atoms with E-state index in [1.807, 2.05) is 0 Å². The number of halogens is 3. The van der Waals surface area contributed by atoms with Crippen molar-refractivity contribution in [2.45, 2.75) is 40.5 Å². The van der Waals surface area contributed by atoms with Gasteiger partial charge in [0.25, 0.3) is 0 Å². The number of benzene rings is 1.